The zero-order valence-electron chi connectivity index (χ0n) is 8.19. The maximum Gasteiger partial charge on any atom is 0.514 e. The van der Waals surface area contributed by atoms with E-state index in [1.165, 1.54) is 7.11 Å². The molecule has 2 aromatic rings. The van der Waals surface area contributed by atoms with Gasteiger partial charge in [-0.2, -0.15) is 0 Å². The van der Waals surface area contributed by atoms with E-state index in [9.17, 15) is 9.90 Å². The van der Waals surface area contributed by atoms with Crippen LogP contribution in [0.5, 0.6) is 10.8 Å². The normalized spacial score (nSPS) is 10.4. The van der Waals surface area contributed by atoms with E-state index in [1.54, 1.807) is 18.2 Å². The molecular weight excluding hydrogens is 252 g/mol. The van der Waals surface area contributed by atoms with Crippen LogP contribution in [0.2, 0.25) is 5.02 Å². The molecule has 1 heterocycles. The molecule has 0 aliphatic heterocycles. The molecule has 0 unspecified atom stereocenters. The third-order valence-corrected chi connectivity index (χ3v) is 3.19. The summed E-state index contributed by atoms with van der Waals surface area (Å²) in [6.45, 7) is 0. The van der Waals surface area contributed by atoms with E-state index in [4.69, 9.17) is 16.3 Å². The molecule has 0 aliphatic carbocycles. The maximum absolute atomic E-state index is 10.9. The van der Waals surface area contributed by atoms with Crippen molar-refractivity contribution in [2.75, 3.05) is 7.11 Å². The first-order valence-corrected chi connectivity index (χ1v) is 5.48. The summed E-state index contributed by atoms with van der Waals surface area (Å²) in [7, 11) is 1.20. The van der Waals surface area contributed by atoms with Gasteiger partial charge in [-0.15, -0.1) is 0 Å². The number of hydrogen-bond donors (Lipinski definition) is 1. The van der Waals surface area contributed by atoms with Crippen LogP contribution in [-0.2, 0) is 4.74 Å². The summed E-state index contributed by atoms with van der Waals surface area (Å²) < 4.78 is 9.86. The Morgan fingerprint density at radius 1 is 1.50 bits per heavy atom. The second-order valence-corrected chi connectivity index (χ2v) is 4.39. The van der Waals surface area contributed by atoms with Crippen molar-refractivity contribution >= 4 is 39.2 Å². The maximum atomic E-state index is 10.9. The second kappa shape index (κ2) is 4.19. The zero-order valence-corrected chi connectivity index (χ0v) is 9.76. The third-order valence-electron chi connectivity index (χ3n) is 1.94. The summed E-state index contributed by atoms with van der Waals surface area (Å²) in [6.07, 6.45) is -0.868. The lowest BCUT2D eigenvalue weighted by molar-refractivity contribution is 0.121. The van der Waals surface area contributed by atoms with Crippen molar-refractivity contribution < 1.29 is 19.4 Å². The molecule has 1 aromatic heterocycles. The minimum Gasteiger partial charge on any atom is -0.503 e. The van der Waals surface area contributed by atoms with Crippen molar-refractivity contribution in [2.45, 2.75) is 0 Å². The minimum atomic E-state index is -0.868. The van der Waals surface area contributed by atoms with Gasteiger partial charge in [0, 0.05) is 15.1 Å². The van der Waals surface area contributed by atoms with Crippen molar-refractivity contribution in [3.63, 3.8) is 0 Å². The van der Waals surface area contributed by atoms with Crippen LogP contribution in [0.4, 0.5) is 4.79 Å². The first kappa shape index (κ1) is 11.0. The molecule has 6 heteroatoms. The quantitative estimate of drug-likeness (QED) is 0.797. The van der Waals surface area contributed by atoms with E-state index < -0.39 is 6.16 Å². The van der Waals surface area contributed by atoms with Gasteiger partial charge in [0.05, 0.1) is 7.11 Å². The largest absolute Gasteiger partial charge is 0.514 e. The van der Waals surface area contributed by atoms with Gasteiger partial charge in [-0.3, -0.25) is 0 Å². The number of carbonyl (C=O) groups is 1. The van der Waals surface area contributed by atoms with E-state index in [2.05, 4.69) is 4.74 Å². The fourth-order valence-electron chi connectivity index (χ4n) is 1.22. The monoisotopic (exact) mass is 258 g/mol. The van der Waals surface area contributed by atoms with Crippen molar-refractivity contribution in [1.82, 2.24) is 0 Å². The number of ether oxygens (including phenoxy) is 2. The van der Waals surface area contributed by atoms with E-state index in [1.807, 2.05) is 0 Å². The molecule has 84 valence electrons. The van der Waals surface area contributed by atoms with Crippen LogP contribution in [0.1, 0.15) is 0 Å². The van der Waals surface area contributed by atoms with Crippen LogP contribution < -0.4 is 4.74 Å². The summed E-state index contributed by atoms with van der Waals surface area (Å²) in [6, 6.07) is 5.00. The van der Waals surface area contributed by atoms with Crippen LogP contribution >= 0.6 is 22.9 Å². The fraction of sp³-hybridized carbons (Fsp3) is 0.100. The molecule has 0 saturated carbocycles. The lowest BCUT2D eigenvalue weighted by atomic mass is 10.2. The Hall–Kier alpha value is -1.46. The van der Waals surface area contributed by atoms with E-state index in [0.29, 0.717) is 10.4 Å². The molecule has 0 radical (unpaired) electrons. The topological polar surface area (TPSA) is 55.8 Å². The Balaban J connectivity index is 2.47. The standard InChI is InChI=1S/C10H7ClO4S/c1-14-10(13)15-9-8(12)6-3-2-5(11)4-7(6)16-9/h2-4,12H,1H3. The molecular formula is C10H7ClO4S. The highest BCUT2D eigenvalue weighted by Gasteiger charge is 2.16. The fourth-order valence-corrected chi connectivity index (χ4v) is 2.43. The number of hydrogen-bond acceptors (Lipinski definition) is 5. The number of halogens is 1. The van der Waals surface area contributed by atoms with Crippen LogP contribution in [-0.4, -0.2) is 18.4 Å². The average Bonchev–Trinajstić information content (AvgIpc) is 2.55. The van der Waals surface area contributed by atoms with Crippen molar-refractivity contribution in [3.8, 4) is 10.8 Å². The summed E-state index contributed by atoms with van der Waals surface area (Å²) in [5, 5.41) is 11.0. The average molecular weight is 259 g/mol. The van der Waals surface area contributed by atoms with E-state index in [0.717, 1.165) is 16.0 Å². The van der Waals surface area contributed by atoms with Crippen LogP contribution in [0.3, 0.4) is 0 Å². The van der Waals surface area contributed by atoms with Crippen molar-refractivity contribution in [3.05, 3.63) is 23.2 Å². The van der Waals surface area contributed by atoms with Gasteiger partial charge >= 0.3 is 6.16 Å². The van der Waals surface area contributed by atoms with E-state index >= 15 is 0 Å². The number of thiophene rings is 1. The molecule has 0 aliphatic rings. The highest BCUT2D eigenvalue weighted by atomic mass is 35.5. The highest BCUT2D eigenvalue weighted by Crippen LogP contribution is 2.44. The molecule has 0 amide bonds. The molecule has 16 heavy (non-hydrogen) atoms. The molecule has 0 atom stereocenters. The molecule has 0 fully saturated rings. The predicted octanol–water partition coefficient (Wildman–Crippen LogP) is 3.41. The van der Waals surface area contributed by atoms with Gasteiger partial charge < -0.3 is 14.6 Å². The first-order chi connectivity index (χ1) is 7.61. The van der Waals surface area contributed by atoms with Crippen molar-refractivity contribution in [1.29, 1.82) is 0 Å². The Kier molecular flexibility index (Phi) is 2.89. The Morgan fingerprint density at radius 2 is 2.25 bits per heavy atom. The van der Waals surface area contributed by atoms with Crippen molar-refractivity contribution in [2.24, 2.45) is 0 Å². The number of fused-ring (bicyclic) bond motifs is 1. The van der Waals surface area contributed by atoms with Gasteiger partial charge in [-0.05, 0) is 18.2 Å². The van der Waals surface area contributed by atoms with Gasteiger partial charge in [-0.25, -0.2) is 4.79 Å². The van der Waals surface area contributed by atoms with E-state index in [-0.39, 0.29) is 10.8 Å². The number of carbonyl (C=O) groups excluding carboxylic acids is 1. The summed E-state index contributed by atoms with van der Waals surface area (Å²) in [4.78, 5) is 10.9. The number of aromatic hydroxyl groups is 1. The van der Waals surface area contributed by atoms with Gasteiger partial charge in [0.15, 0.2) is 5.75 Å². The number of benzene rings is 1. The number of methoxy groups -OCH3 is 1. The molecule has 0 spiro atoms. The first-order valence-electron chi connectivity index (χ1n) is 4.28. The van der Waals surface area contributed by atoms with Gasteiger partial charge in [0.2, 0.25) is 5.06 Å². The minimum absolute atomic E-state index is 0.0814. The Labute approximate surface area is 100.0 Å². The predicted molar refractivity (Wildman–Crippen MR) is 61.5 cm³/mol. The van der Waals surface area contributed by atoms with Crippen LogP contribution in [0.15, 0.2) is 18.2 Å². The molecule has 2 rings (SSSR count). The van der Waals surface area contributed by atoms with Crippen LogP contribution in [0.25, 0.3) is 10.1 Å². The summed E-state index contributed by atoms with van der Waals surface area (Å²) in [5.41, 5.74) is 0. The smallest absolute Gasteiger partial charge is 0.503 e. The summed E-state index contributed by atoms with van der Waals surface area (Å²) >= 11 is 6.93. The molecule has 1 aromatic carbocycles. The number of rotatable bonds is 1. The third kappa shape index (κ3) is 1.91. The summed E-state index contributed by atoms with van der Waals surface area (Å²) in [5.74, 6) is -0.0814. The Morgan fingerprint density at radius 3 is 2.94 bits per heavy atom. The molecule has 4 nitrogen and oxygen atoms in total. The molecule has 0 saturated heterocycles. The molecule has 1 N–H and O–H groups in total. The second-order valence-electron chi connectivity index (χ2n) is 2.93. The molecule has 0 bridgehead atoms. The van der Waals surface area contributed by atoms with Gasteiger partial charge in [0.1, 0.15) is 0 Å². The zero-order chi connectivity index (χ0) is 11.7. The SMILES string of the molecule is COC(=O)Oc1sc2cc(Cl)ccc2c1O. The lowest BCUT2D eigenvalue weighted by Gasteiger charge is -1.98. The van der Waals surface area contributed by atoms with Gasteiger partial charge in [-0.1, -0.05) is 22.9 Å². The Bertz CT molecular complexity index is 549. The van der Waals surface area contributed by atoms with Gasteiger partial charge in [0.25, 0.3) is 0 Å². The highest BCUT2D eigenvalue weighted by molar-refractivity contribution is 7.21. The lowest BCUT2D eigenvalue weighted by Crippen LogP contribution is -2.05. The van der Waals surface area contributed by atoms with Crippen LogP contribution in [0, 0.1) is 0 Å².